The summed E-state index contributed by atoms with van der Waals surface area (Å²) in [6.07, 6.45) is 2.19. The van der Waals surface area contributed by atoms with E-state index in [1.165, 1.54) is 7.11 Å². The molecule has 4 nitrogen and oxygen atoms in total. The highest BCUT2D eigenvalue weighted by molar-refractivity contribution is 8.01. The Morgan fingerprint density at radius 1 is 1.68 bits per heavy atom. The number of hydrogen-bond acceptors (Lipinski definition) is 6. The SMILES string of the molecule is CCNC(CSc1nc(C)cs1)(C(=O)OC)C1CC1. The molecule has 1 aromatic heterocycles. The normalized spacial score (nSPS) is 18.1. The van der Waals surface area contributed by atoms with Gasteiger partial charge in [0.2, 0.25) is 0 Å². The Bertz CT molecular complexity index is 446. The van der Waals surface area contributed by atoms with Crippen molar-refractivity contribution in [1.82, 2.24) is 10.3 Å². The highest BCUT2D eigenvalue weighted by atomic mass is 32.2. The minimum atomic E-state index is -0.548. The zero-order valence-electron chi connectivity index (χ0n) is 11.6. The number of rotatable bonds is 7. The summed E-state index contributed by atoms with van der Waals surface area (Å²) in [5.41, 5.74) is 0.485. The first-order chi connectivity index (χ1) is 9.12. The molecule has 6 heteroatoms. The third-order valence-corrected chi connectivity index (χ3v) is 5.67. The molecule has 0 aromatic carbocycles. The Labute approximate surface area is 122 Å². The first kappa shape index (κ1) is 14.8. The lowest BCUT2D eigenvalue weighted by Crippen LogP contribution is -2.56. The van der Waals surface area contributed by atoms with Crippen LogP contribution in [-0.2, 0) is 9.53 Å². The summed E-state index contributed by atoms with van der Waals surface area (Å²) in [5.74, 6) is 0.941. The second-order valence-corrected chi connectivity index (χ2v) is 6.89. The summed E-state index contributed by atoms with van der Waals surface area (Å²) in [7, 11) is 1.47. The first-order valence-electron chi connectivity index (χ1n) is 6.50. The molecule has 1 N–H and O–H groups in total. The van der Waals surface area contributed by atoms with E-state index >= 15 is 0 Å². The summed E-state index contributed by atoms with van der Waals surface area (Å²) >= 11 is 3.28. The number of nitrogens with zero attached hydrogens (tertiary/aromatic N) is 1. The molecule has 1 aromatic rings. The van der Waals surface area contributed by atoms with Crippen LogP contribution in [0.3, 0.4) is 0 Å². The van der Waals surface area contributed by atoms with Gasteiger partial charge in [-0.25, -0.2) is 4.98 Å². The van der Waals surface area contributed by atoms with Gasteiger partial charge in [-0.15, -0.1) is 11.3 Å². The third kappa shape index (κ3) is 3.30. The number of methoxy groups -OCH3 is 1. The third-order valence-electron chi connectivity index (χ3n) is 3.34. The molecule has 1 aliphatic carbocycles. The van der Waals surface area contributed by atoms with Crippen molar-refractivity contribution in [1.29, 1.82) is 0 Å². The van der Waals surface area contributed by atoms with Gasteiger partial charge in [0.05, 0.1) is 7.11 Å². The summed E-state index contributed by atoms with van der Waals surface area (Å²) in [4.78, 5) is 16.7. The van der Waals surface area contributed by atoms with E-state index in [1.54, 1.807) is 23.1 Å². The van der Waals surface area contributed by atoms with Crippen molar-refractivity contribution in [2.45, 2.75) is 36.6 Å². The Morgan fingerprint density at radius 3 is 2.89 bits per heavy atom. The maximum atomic E-state index is 12.2. The second-order valence-electron chi connectivity index (χ2n) is 4.81. The van der Waals surface area contributed by atoms with Crippen molar-refractivity contribution >= 4 is 29.1 Å². The molecule has 1 heterocycles. The van der Waals surface area contributed by atoms with E-state index in [-0.39, 0.29) is 5.97 Å². The standard InChI is InChI=1S/C13H20N2O2S2/c1-4-14-13(10-5-6-10,11(16)17-3)8-19-12-15-9(2)7-18-12/h7,10,14H,4-6,8H2,1-3H3. The van der Waals surface area contributed by atoms with Crippen molar-refractivity contribution in [3.63, 3.8) is 0 Å². The lowest BCUT2D eigenvalue weighted by molar-refractivity contribution is -0.148. The first-order valence-corrected chi connectivity index (χ1v) is 8.37. The minimum Gasteiger partial charge on any atom is -0.468 e. The monoisotopic (exact) mass is 300 g/mol. The van der Waals surface area contributed by atoms with E-state index < -0.39 is 5.54 Å². The van der Waals surface area contributed by atoms with Crippen LogP contribution in [0.15, 0.2) is 9.72 Å². The van der Waals surface area contributed by atoms with Crippen LogP contribution in [0, 0.1) is 12.8 Å². The molecule has 0 spiro atoms. The molecule has 0 aliphatic heterocycles. The molecule has 1 aliphatic rings. The predicted octanol–water partition coefficient (Wildman–Crippen LogP) is 2.47. The number of thiazole rings is 1. The van der Waals surface area contributed by atoms with Gasteiger partial charge in [-0.05, 0) is 32.2 Å². The van der Waals surface area contributed by atoms with E-state index in [4.69, 9.17) is 4.74 Å². The second kappa shape index (κ2) is 6.24. The topological polar surface area (TPSA) is 51.2 Å². The highest BCUT2D eigenvalue weighted by Crippen LogP contribution is 2.43. The molecule has 1 fully saturated rings. The number of likely N-dealkylation sites (N-methyl/N-ethyl adjacent to an activating group) is 1. The van der Waals surface area contributed by atoms with Gasteiger partial charge in [-0.1, -0.05) is 18.7 Å². The molecule has 0 radical (unpaired) electrons. The van der Waals surface area contributed by atoms with E-state index in [0.29, 0.717) is 11.7 Å². The fourth-order valence-corrected chi connectivity index (χ4v) is 4.39. The van der Waals surface area contributed by atoms with Gasteiger partial charge in [-0.3, -0.25) is 4.79 Å². The van der Waals surface area contributed by atoms with Crippen LogP contribution in [0.1, 0.15) is 25.5 Å². The van der Waals surface area contributed by atoms with Crippen molar-refractivity contribution in [3.8, 4) is 0 Å². The summed E-state index contributed by atoms with van der Waals surface area (Å²) in [6.45, 7) is 4.78. The maximum Gasteiger partial charge on any atom is 0.327 e. The van der Waals surface area contributed by atoms with E-state index in [0.717, 1.165) is 29.4 Å². The Balaban J connectivity index is 2.10. The number of thioether (sulfide) groups is 1. The smallest absolute Gasteiger partial charge is 0.327 e. The van der Waals surface area contributed by atoms with E-state index in [9.17, 15) is 4.79 Å². The number of carbonyl (C=O) groups excluding carboxylic acids is 1. The lowest BCUT2D eigenvalue weighted by Gasteiger charge is -2.31. The van der Waals surface area contributed by atoms with Crippen LogP contribution in [-0.4, -0.2) is 35.9 Å². The molecule has 2 rings (SSSR count). The molecular weight excluding hydrogens is 280 g/mol. The highest BCUT2D eigenvalue weighted by Gasteiger charge is 2.51. The minimum absolute atomic E-state index is 0.141. The number of ether oxygens (including phenoxy) is 1. The Kier molecular flexibility index (Phi) is 4.86. The quantitative estimate of drug-likeness (QED) is 0.619. The van der Waals surface area contributed by atoms with Gasteiger partial charge < -0.3 is 10.1 Å². The Hall–Kier alpha value is -0.590. The average molecular weight is 300 g/mol. The molecule has 1 saturated carbocycles. The maximum absolute atomic E-state index is 12.2. The van der Waals surface area contributed by atoms with Crippen LogP contribution in [0.4, 0.5) is 0 Å². The van der Waals surface area contributed by atoms with Gasteiger partial charge in [0.1, 0.15) is 9.88 Å². The fourth-order valence-electron chi connectivity index (χ4n) is 2.26. The Morgan fingerprint density at radius 2 is 2.42 bits per heavy atom. The van der Waals surface area contributed by atoms with Gasteiger partial charge in [0, 0.05) is 16.8 Å². The molecule has 0 amide bonds. The van der Waals surface area contributed by atoms with Crippen LogP contribution in [0.25, 0.3) is 0 Å². The molecule has 1 atom stereocenters. The molecule has 106 valence electrons. The molecule has 1 unspecified atom stereocenters. The van der Waals surface area contributed by atoms with Crippen molar-refractivity contribution < 1.29 is 9.53 Å². The number of nitrogens with one attached hydrogen (secondary N) is 1. The molecule has 0 saturated heterocycles. The van der Waals surface area contributed by atoms with Crippen LogP contribution < -0.4 is 5.32 Å². The van der Waals surface area contributed by atoms with Crippen LogP contribution in [0.5, 0.6) is 0 Å². The number of carbonyl (C=O) groups is 1. The zero-order chi connectivity index (χ0) is 13.9. The van der Waals surface area contributed by atoms with Crippen molar-refractivity contribution in [2.24, 2.45) is 5.92 Å². The summed E-state index contributed by atoms with van der Waals surface area (Å²) < 4.78 is 6.05. The largest absolute Gasteiger partial charge is 0.468 e. The van der Waals surface area contributed by atoms with E-state index in [1.807, 2.05) is 19.2 Å². The molecule has 0 bridgehead atoms. The lowest BCUT2D eigenvalue weighted by atomic mass is 9.95. The van der Waals surface area contributed by atoms with Crippen LogP contribution >= 0.6 is 23.1 Å². The average Bonchev–Trinajstić information content (AvgIpc) is 3.17. The van der Waals surface area contributed by atoms with Gasteiger partial charge in [0.15, 0.2) is 0 Å². The number of aryl methyl sites for hydroxylation is 1. The van der Waals surface area contributed by atoms with Crippen molar-refractivity contribution in [2.75, 3.05) is 19.4 Å². The summed E-state index contributed by atoms with van der Waals surface area (Å²) in [5, 5.41) is 5.40. The summed E-state index contributed by atoms with van der Waals surface area (Å²) in [6, 6.07) is 0. The fraction of sp³-hybridized carbons (Fsp3) is 0.692. The number of hydrogen-bond donors (Lipinski definition) is 1. The van der Waals surface area contributed by atoms with Gasteiger partial charge in [-0.2, -0.15) is 0 Å². The van der Waals surface area contributed by atoms with Crippen molar-refractivity contribution in [3.05, 3.63) is 11.1 Å². The number of esters is 1. The molecular formula is C13H20N2O2S2. The number of aromatic nitrogens is 1. The zero-order valence-corrected chi connectivity index (χ0v) is 13.2. The predicted molar refractivity (Wildman–Crippen MR) is 78.7 cm³/mol. The van der Waals surface area contributed by atoms with E-state index in [2.05, 4.69) is 10.3 Å². The van der Waals surface area contributed by atoms with Gasteiger partial charge in [0.25, 0.3) is 0 Å². The van der Waals surface area contributed by atoms with Crippen LogP contribution in [0.2, 0.25) is 0 Å². The molecule has 19 heavy (non-hydrogen) atoms. The van der Waals surface area contributed by atoms with Gasteiger partial charge >= 0.3 is 5.97 Å².